The Bertz CT molecular complexity index is 472. The van der Waals surface area contributed by atoms with E-state index in [4.69, 9.17) is 0 Å². The fourth-order valence-electron chi connectivity index (χ4n) is 1.59. The predicted octanol–water partition coefficient (Wildman–Crippen LogP) is 1.41. The molecule has 5 heteroatoms. The Morgan fingerprint density at radius 1 is 1.28 bits per heavy atom. The molecule has 0 radical (unpaired) electrons. The van der Waals surface area contributed by atoms with Crippen LogP contribution in [0.5, 0.6) is 0 Å². The van der Waals surface area contributed by atoms with Gasteiger partial charge in [0.15, 0.2) is 0 Å². The van der Waals surface area contributed by atoms with Gasteiger partial charge in [-0.2, -0.15) is 0 Å². The number of aryl methyl sites for hydroxylation is 1. The van der Waals surface area contributed by atoms with Crippen LogP contribution in [0.1, 0.15) is 25.0 Å². The van der Waals surface area contributed by atoms with Gasteiger partial charge in [-0.3, -0.25) is 0 Å². The summed E-state index contributed by atoms with van der Waals surface area (Å²) >= 11 is 0. The molecule has 0 bridgehead atoms. The summed E-state index contributed by atoms with van der Waals surface area (Å²) in [6.07, 6.45) is 0. The highest BCUT2D eigenvalue weighted by Gasteiger charge is 2.19. The molecule has 1 aromatic carbocycles. The van der Waals surface area contributed by atoms with Crippen LogP contribution in [0.4, 0.5) is 0 Å². The predicted molar refractivity (Wildman–Crippen MR) is 74.9 cm³/mol. The van der Waals surface area contributed by atoms with Gasteiger partial charge >= 0.3 is 0 Å². The molecule has 18 heavy (non-hydrogen) atoms. The Kier molecular flexibility index (Phi) is 5.78. The number of hydrogen-bond acceptors (Lipinski definition) is 3. The summed E-state index contributed by atoms with van der Waals surface area (Å²) in [5.74, 6) is 0. The van der Waals surface area contributed by atoms with Crippen molar-refractivity contribution in [2.45, 2.75) is 32.6 Å². The molecular formula is C13H22N2O2S. The SMILES string of the molecule is CCNCC(C)S(=O)(=O)NCc1ccccc1C. The second-order valence-corrected chi connectivity index (χ2v) is 6.59. The lowest BCUT2D eigenvalue weighted by molar-refractivity contribution is 0.559. The summed E-state index contributed by atoms with van der Waals surface area (Å²) in [6.45, 7) is 7.25. The number of rotatable bonds is 7. The first-order valence-electron chi connectivity index (χ1n) is 6.21. The lowest BCUT2D eigenvalue weighted by Crippen LogP contribution is -2.38. The minimum absolute atomic E-state index is 0.353. The summed E-state index contributed by atoms with van der Waals surface area (Å²) in [7, 11) is -3.26. The molecule has 102 valence electrons. The molecule has 1 atom stereocenters. The molecule has 1 rings (SSSR count). The summed E-state index contributed by atoms with van der Waals surface area (Å²) in [5, 5.41) is 2.62. The molecule has 0 aliphatic heterocycles. The lowest BCUT2D eigenvalue weighted by Gasteiger charge is -2.14. The molecule has 1 aromatic rings. The zero-order valence-corrected chi connectivity index (χ0v) is 12.0. The van der Waals surface area contributed by atoms with Crippen molar-refractivity contribution in [2.24, 2.45) is 0 Å². The highest BCUT2D eigenvalue weighted by Crippen LogP contribution is 2.07. The smallest absolute Gasteiger partial charge is 0.215 e. The quantitative estimate of drug-likeness (QED) is 0.787. The molecule has 4 nitrogen and oxygen atoms in total. The van der Waals surface area contributed by atoms with E-state index in [1.165, 1.54) is 0 Å². The van der Waals surface area contributed by atoms with Crippen LogP contribution in [0.15, 0.2) is 24.3 Å². The van der Waals surface area contributed by atoms with Crippen LogP contribution in [0.3, 0.4) is 0 Å². The first kappa shape index (κ1) is 15.1. The Morgan fingerprint density at radius 3 is 2.56 bits per heavy atom. The summed E-state index contributed by atoms with van der Waals surface area (Å²) in [6, 6.07) is 7.78. The maximum Gasteiger partial charge on any atom is 0.215 e. The van der Waals surface area contributed by atoms with Crippen molar-refractivity contribution in [1.82, 2.24) is 10.0 Å². The highest BCUT2D eigenvalue weighted by molar-refractivity contribution is 7.90. The Balaban J connectivity index is 2.59. The van der Waals surface area contributed by atoms with E-state index in [9.17, 15) is 8.42 Å². The minimum atomic E-state index is -3.26. The fourth-order valence-corrected chi connectivity index (χ4v) is 2.56. The van der Waals surface area contributed by atoms with E-state index < -0.39 is 15.3 Å². The van der Waals surface area contributed by atoms with Crippen LogP contribution in [0.25, 0.3) is 0 Å². The van der Waals surface area contributed by atoms with Crippen LogP contribution >= 0.6 is 0 Å². The van der Waals surface area contributed by atoms with Gasteiger partial charge in [-0.25, -0.2) is 13.1 Å². The lowest BCUT2D eigenvalue weighted by atomic mass is 10.1. The van der Waals surface area contributed by atoms with Crippen molar-refractivity contribution < 1.29 is 8.42 Å². The molecule has 0 aromatic heterocycles. The maximum absolute atomic E-state index is 12.0. The van der Waals surface area contributed by atoms with Crippen molar-refractivity contribution in [3.63, 3.8) is 0 Å². The van der Waals surface area contributed by atoms with Gasteiger partial charge in [0.1, 0.15) is 0 Å². The van der Waals surface area contributed by atoms with Gasteiger partial charge in [0.25, 0.3) is 0 Å². The van der Waals surface area contributed by atoms with E-state index in [-0.39, 0.29) is 0 Å². The van der Waals surface area contributed by atoms with Gasteiger partial charge < -0.3 is 5.32 Å². The first-order valence-corrected chi connectivity index (χ1v) is 7.75. The molecule has 0 amide bonds. The molecule has 2 N–H and O–H groups in total. The fraction of sp³-hybridized carbons (Fsp3) is 0.538. The third kappa shape index (κ3) is 4.40. The number of sulfonamides is 1. The normalized spacial score (nSPS) is 13.5. The second-order valence-electron chi connectivity index (χ2n) is 4.41. The van der Waals surface area contributed by atoms with Crippen LogP contribution < -0.4 is 10.0 Å². The zero-order valence-electron chi connectivity index (χ0n) is 11.2. The monoisotopic (exact) mass is 270 g/mol. The first-order chi connectivity index (χ1) is 8.47. The van der Waals surface area contributed by atoms with Gasteiger partial charge in [-0.1, -0.05) is 31.2 Å². The molecule has 0 aliphatic carbocycles. The highest BCUT2D eigenvalue weighted by atomic mass is 32.2. The van der Waals surface area contributed by atoms with E-state index >= 15 is 0 Å². The van der Waals surface area contributed by atoms with E-state index in [2.05, 4.69) is 10.0 Å². The Labute approximate surface area is 110 Å². The summed E-state index contributed by atoms with van der Waals surface area (Å²) in [4.78, 5) is 0. The molecule has 0 saturated heterocycles. The van der Waals surface area contributed by atoms with Crippen molar-refractivity contribution in [3.05, 3.63) is 35.4 Å². The summed E-state index contributed by atoms with van der Waals surface area (Å²) < 4.78 is 26.6. The van der Waals surface area contributed by atoms with E-state index in [0.717, 1.165) is 17.7 Å². The van der Waals surface area contributed by atoms with Crippen molar-refractivity contribution >= 4 is 10.0 Å². The van der Waals surface area contributed by atoms with Gasteiger partial charge in [0.05, 0.1) is 5.25 Å². The van der Waals surface area contributed by atoms with Crippen LogP contribution in [0.2, 0.25) is 0 Å². The molecule has 1 unspecified atom stereocenters. The van der Waals surface area contributed by atoms with Crippen molar-refractivity contribution in [1.29, 1.82) is 0 Å². The van der Waals surface area contributed by atoms with Gasteiger partial charge in [-0.15, -0.1) is 0 Å². The van der Waals surface area contributed by atoms with Crippen LogP contribution in [-0.2, 0) is 16.6 Å². The molecule has 0 aliphatic rings. The van der Waals surface area contributed by atoms with E-state index in [1.807, 2.05) is 38.1 Å². The number of hydrogen-bond donors (Lipinski definition) is 2. The van der Waals surface area contributed by atoms with Crippen LogP contribution in [0, 0.1) is 6.92 Å². The van der Waals surface area contributed by atoms with Crippen molar-refractivity contribution in [2.75, 3.05) is 13.1 Å². The molecule has 0 heterocycles. The molecular weight excluding hydrogens is 248 g/mol. The third-order valence-corrected chi connectivity index (χ3v) is 4.71. The second kappa shape index (κ2) is 6.87. The minimum Gasteiger partial charge on any atom is -0.316 e. The van der Waals surface area contributed by atoms with Gasteiger partial charge in [-0.05, 0) is 31.5 Å². The van der Waals surface area contributed by atoms with E-state index in [1.54, 1.807) is 6.92 Å². The third-order valence-electron chi connectivity index (χ3n) is 2.94. The summed E-state index contributed by atoms with van der Waals surface area (Å²) in [5.41, 5.74) is 2.11. The zero-order chi connectivity index (χ0) is 13.6. The average Bonchev–Trinajstić information content (AvgIpc) is 2.35. The largest absolute Gasteiger partial charge is 0.316 e. The molecule has 0 fully saturated rings. The Hall–Kier alpha value is -0.910. The Morgan fingerprint density at radius 2 is 1.94 bits per heavy atom. The standard InChI is InChI=1S/C13H22N2O2S/c1-4-14-9-12(3)18(16,17)15-10-13-8-6-5-7-11(13)2/h5-8,12,14-15H,4,9-10H2,1-3H3. The average molecular weight is 270 g/mol. The maximum atomic E-state index is 12.0. The molecule has 0 saturated carbocycles. The number of benzene rings is 1. The number of nitrogens with one attached hydrogen (secondary N) is 2. The van der Waals surface area contributed by atoms with Crippen LogP contribution in [-0.4, -0.2) is 26.8 Å². The van der Waals surface area contributed by atoms with Crippen molar-refractivity contribution in [3.8, 4) is 0 Å². The van der Waals surface area contributed by atoms with Gasteiger partial charge in [0.2, 0.25) is 10.0 Å². The van der Waals surface area contributed by atoms with Gasteiger partial charge in [0, 0.05) is 13.1 Å². The van der Waals surface area contributed by atoms with E-state index in [0.29, 0.717) is 13.1 Å². The topological polar surface area (TPSA) is 58.2 Å². The molecule has 0 spiro atoms.